The summed E-state index contributed by atoms with van der Waals surface area (Å²) < 4.78 is 5.95. The highest BCUT2D eigenvalue weighted by Crippen LogP contribution is 2.27. The minimum absolute atomic E-state index is 0.0225. The van der Waals surface area contributed by atoms with Crippen molar-refractivity contribution in [3.05, 3.63) is 54.4 Å². The van der Waals surface area contributed by atoms with Crippen molar-refractivity contribution >= 4 is 17.6 Å². The molecule has 2 fully saturated rings. The molecule has 3 heterocycles. The van der Waals surface area contributed by atoms with Gasteiger partial charge in [-0.05, 0) is 41.8 Å². The molecule has 164 valence electrons. The fourth-order valence-corrected chi connectivity index (χ4v) is 3.75. The number of aromatic nitrogens is 1. The van der Waals surface area contributed by atoms with E-state index >= 15 is 0 Å². The molecular weight excluding hydrogens is 392 g/mol. The van der Waals surface area contributed by atoms with Crippen molar-refractivity contribution in [1.82, 2.24) is 14.8 Å². The van der Waals surface area contributed by atoms with E-state index in [1.807, 2.05) is 54.4 Å². The van der Waals surface area contributed by atoms with E-state index in [2.05, 4.69) is 24.1 Å². The van der Waals surface area contributed by atoms with E-state index in [1.165, 1.54) is 5.56 Å². The maximum atomic E-state index is 12.4. The summed E-state index contributed by atoms with van der Waals surface area (Å²) in [6.07, 6.45) is 3.64. The Morgan fingerprint density at radius 2 is 1.74 bits per heavy atom. The van der Waals surface area contributed by atoms with Gasteiger partial charge in [-0.3, -0.25) is 9.78 Å². The van der Waals surface area contributed by atoms with Gasteiger partial charge in [-0.1, -0.05) is 26.8 Å². The minimum Gasteiger partial charge on any atom is -0.487 e. The molecule has 1 N–H and O–H groups in total. The standard InChI is InChI=1S/C24H30N4O3/c1-16(2)17(3)23(29)27-14-22(15-27)31-21-8-6-20(7-9-21)26-24(30)28-12-19(13-28)18-5-4-10-25-11-18/h4-11,16-17,19,22H,12-15H2,1-3H3,(H,26,30). The van der Waals surface area contributed by atoms with Gasteiger partial charge in [-0.2, -0.15) is 0 Å². The summed E-state index contributed by atoms with van der Waals surface area (Å²) in [6, 6.07) is 11.3. The molecule has 2 aromatic rings. The molecule has 0 spiro atoms. The molecule has 31 heavy (non-hydrogen) atoms. The van der Waals surface area contributed by atoms with Crippen LogP contribution in [0, 0.1) is 11.8 Å². The van der Waals surface area contributed by atoms with E-state index < -0.39 is 0 Å². The highest BCUT2D eigenvalue weighted by Gasteiger charge is 2.35. The number of hydrogen-bond donors (Lipinski definition) is 1. The third kappa shape index (κ3) is 4.81. The lowest BCUT2D eigenvalue weighted by atomic mass is 9.93. The van der Waals surface area contributed by atoms with E-state index in [4.69, 9.17) is 4.74 Å². The number of pyridine rings is 1. The van der Waals surface area contributed by atoms with Crippen molar-refractivity contribution in [2.75, 3.05) is 31.5 Å². The molecule has 0 radical (unpaired) electrons. The molecule has 2 saturated heterocycles. The molecule has 1 aromatic heterocycles. The zero-order valence-corrected chi connectivity index (χ0v) is 18.3. The molecular formula is C24H30N4O3. The third-order valence-corrected chi connectivity index (χ3v) is 6.28. The van der Waals surface area contributed by atoms with Crippen molar-refractivity contribution in [3.8, 4) is 5.75 Å². The number of urea groups is 1. The lowest BCUT2D eigenvalue weighted by Crippen LogP contribution is -2.57. The fraction of sp³-hybridized carbons (Fsp3) is 0.458. The summed E-state index contributed by atoms with van der Waals surface area (Å²) in [5.41, 5.74) is 1.90. The summed E-state index contributed by atoms with van der Waals surface area (Å²) in [4.78, 5) is 32.5. The number of amides is 3. The second kappa shape index (κ2) is 8.96. The van der Waals surface area contributed by atoms with Gasteiger partial charge in [0, 0.05) is 43.0 Å². The molecule has 0 aliphatic carbocycles. The number of ether oxygens (including phenoxy) is 1. The van der Waals surface area contributed by atoms with Gasteiger partial charge in [-0.25, -0.2) is 4.79 Å². The Morgan fingerprint density at radius 3 is 2.35 bits per heavy atom. The highest BCUT2D eigenvalue weighted by atomic mass is 16.5. The second-order valence-electron chi connectivity index (χ2n) is 8.86. The van der Waals surface area contributed by atoms with Crippen LogP contribution in [0.3, 0.4) is 0 Å². The van der Waals surface area contributed by atoms with Gasteiger partial charge in [-0.15, -0.1) is 0 Å². The summed E-state index contributed by atoms with van der Waals surface area (Å²) in [5.74, 6) is 1.67. The molecule has 2 aliphatic heterocycles. The lowest BCUT2D eigenvalue weighted by Gasteiger charge is -2.40. The average molecular weight is 423 g/mol. The van der Waals surface area contributed by atoms with Crippen LogP contribution in [-0.2, 0) is 4.79 Å². The van der Waals surface area contributed by atoms with Gasteiger partial charge < -0.3 is 19.9 Å². The van der Waals surface area contributed by atoms with E-state index in [0.717, 1.165) is 11.4 Å². The molecule has 2 aliphatic rings. The van der Waals surface area contributed by atoms with Gasteiger partial charge in [0.25, 0.3) is 0 Å². The molecule has 4 rings (SSSR count). The number of rotatable bonds is 6. The van der Waals surface area contributed by atoms with Crippen molar-refractivity contribution in [3.63, 3.8) is 0 Å². The fourth-order valence-electron chi connectivity index (χ4n) is 3.75. The number of hydrogen-bond acceptors (Lipinski definition) is 4. The van der Waals surface area contributed by atoms with Crippen molar-refractivity contribution < 1.29 is 14.3 Å². The number of nitrogens with one attached hydrogen (secondary N) is 1. The number of carbonyl (C=O) groups excluding carboxylic acids is 2. The first-order valence-electron chi connectivity index (χ1n) is 10.9. The molecule has 1 aromatic carbocycles. The van der Waals surface area contributed by atoms with E-state index in [9.17, 15) is 9.59 Å². The van der Waals surface area contributed by atoms with Gasteiger partial charge in [0.15, 0.2) is 0 Å². The summed E-state index contributed by atoms with van der Waals surface area (Å²) in [5, 5.41) is 2.93. The van der Waals surface area contributed by atoms with Crippen LogP contribution in [0.25, 0.3) is 0 Å². The van der Waals surface area contributed by atoms with Crippen molar-refractivity contribution in [2.45, 2.75) is 32.8 Å². The van der Waals surface area contributed by atoms with Crippen LogP contribution in [0.4, 0.5) is 10.5 Å². The average Bonchev–Trinajstić information content (AvgIpc) is 2.70. The predicted molar refractivity (Wildman–Crippen MR) is 119 cm³/mol. The summed E-state index contributed by atoms with van der Waals surface area (Å²) >= 11 is 0. The second-order valence-corrected chi connectivity index (χ2v) is 8.86. The molecule has 7 heteroatoms. The molecule has 1 atom stereocenters. The number of nitrogens with zero attached hydrogens (tertiary/aromatic N) is 3. The smallest absolute Gasteiger partial charge is 0.321 e. The Hall–Kier alpha value is -3.09. The Kier molecular flexibility index (Phi) is 6.11. The van der Waals surface area contributed by atoms with Crippen molar-refractivity contribution in [2.24, 2.45) is 11.8 Å². The van der Waals surface area contributed by atoms with Crippen LogP contribution in [0.2, 0.25) is 0 Å². The van der Waals surface area contributed by atoms with Gasteiger partial charge in [0.2, 0.25) is 5.91 Å². The normalized spacial score (nSPS) is 17.7. The minimum atomic E-state index is -0.0961. The number of carbonyl (C=O) groups is 2. The van der Waals surface area contributed by atoms with Gasteiger partial charge in [0.1, 0.15) is 11.9 Å². The molecule has 7 nitrogen and oxygen atoms in total. The summed E-state index contributed by atoms with van der Waals surface area (Å²) in [7, 11) is 0. The lowest BCUT2D eigenvalue weighted by molar-refractivity contribution is -0.145. The molecule has 3 amide bonds. The van der Waals surface area contributed by atoms with Crippen LogP contribution in [0.15, 0.2) is 48.8 Å². The largest absolute Gasteiger partial charge is 0.487 e. The number of likely N-dealkylation sites (tertiary alicyclic amines) is 2. The van der Waals surface area contributed by atoms with Gasteiger partial charge in [0.05, 0.1) is 13.1 Å². The first-order chi connectivity index (χ1) is 14.9. The maximum absolute atomic E-state index is 12.4. The van der Waals surface area contributed by atoms with E-state index in [0.29, 0.717) is 38.0 Å². The number of benzene rings is 1. The molecule has 0 saturated carbocycles. The van der Waals surface area contributed by atoms with E-state index in [1.54, 1.807) is 11.1 Å². The number of anilines is 1. The van der Waals surface area contributed by atoms with E-state index in [-0.39, 0.29) is 24.0 Å². The quantitative estimate of drug-likeness (QED) is 0.772. The predicted octanol–water partition coefficient (Wildman–Crippen LogP) is 3.59. The maximum Gasteiger partial charge on any atom is 0.321 e. The Morgan fingerprint density at radius 1 is 1.03 bits per heavy atom. The Bertz CT molecular complexity index is 904. The van der Waals surface area contributed by atoms with Crippen LogP contribution in [0.5, 0.6) is 5.75 Å². The topological polar surface area (TPSA) is 74.8 Å². The van der Waals surface area contributed by atoms with Crippen LogP contribution in [0.1, 0.15) is 32.3 Å². The van der Waals surface area contributed by atoms with Crippen LogP contribution < -0.4 is 10.1 Å². The zero-order valence-electron chi connectivity index (χ0n) is 18.3. The van der Waals surface area contributed by atoms with Gasteiger partial charge >= 0.3 is 6.03 Å². The Balaban J connectivity index is 1.20. The zero-order chi connectivity index (χ0) is 22.0. The molecule has 0 bridgehead atoms. The van der Waals surface area contributed by atoms with Crippen LogP contribution >= 0.6 is 0 Å². The molecule has 1 unspecified atom stereocenters. The third-order valence-electron chi connectivity index (χ3n) is 6.28. The first kappa shape index (κ1) is 21.2. The summed E-state index contributed by atoms with van der Waals surface area (Å²) in [6.45, 7) is 8.77. The highest BCUT2D eigenvalue weighted by molar-refractivity contribution is 5.90. The van der Waals surface area contributed by atoms with Crippen LogP contribution in [-0.4, -0.2) is 59.0 Å². The Labute approximate surface area is 183 Å². The van der Waals surface area contributed by atoms with Crippen molar-refractivity contribution in [1.29, 1.82) is 0 Å². The first-order valence-corrected chi connectivity index (χ1v) is 10.9. The monoisotopic (exact) mass is 422 g/mol. The SMILES string of the molecule is CC(C)C(C)C(=O)N1CC(Oc2ccc(NC(=O)N3CC(c4cccnc4)C3)cc2)C1.